The predicted octanol–water partition coefficient (Wildman–Crippen LogP) is 5.82. The highest BCUT2D eigenvalue weighted by Crippen LogP contribution is 2.41. The highest BCUT2D eigenvalue weighted by molar-refractivity contribution is 5.86. The lowest BCUT2D eigenvalue weighted by Crippen LogP contribution is -2.07. The Morgan fingerprint density at radius 3 is 2.76 bits per heavy atom. The summed E-state index contributed by atoms with van der Waals surface area (Å²) < 4.78 is 8.43. The minimum absolute atomic E-state index is 0.472. The quantitative estimate of drug-likeness (QED) is 0.383. The number of imidazole rings is 1. The van der Waals surface area contributed by atoms with Crippen LogP contribution < -0.4 is 4.74 Å². The van der Waals surface area contributed by atoms with Crippen LogP contribution in [0.25, 0.3) is 16.7 Å². The van der Waals surface area contributed by atoms with Crippen LogP contribution in [-0.2, 0) is 13.2 Å². The SMILES string of the molecule is Cc1cc(C)c2nc(C3CC3)n(Cc3ccc4c(c3)COc3ccccc3C4=CC#N)c2n1. The molecule has 2 aromatic heterocycles. The van der Waals surface area contributed by atoms with Gasteiger partial charge in [0.25, 0.3) is 0 Å². The molecule has 1 aliphatic heterocycles. The Balaban J connectivity index is 1.44. The van der Waals surface area contributed by atoms with E-state index in [1.165, 1.54) is 24.0 Å². The van der Waals surface area contributed by atoms with E-state index < -0.39 is 0 Å². The first kappa shape index (κ1) is 19.8. The van der Waals surface area contributed by atoms with Gasteiger partial charge in [0.2, 0.25) is 0 Å². The van der Waals surface area contributed by atoms with Gasteiger partial charge < -0.3 is 9.30 Å². The summed E-state index contributed by atoms with van der Waals surface area (Å²) in [5, 5.41) is 9.44. The number of fused-ring (bicyclic) bond motifs is 3. The number of hydrogen-bond acceptors (Lipinski definition) is 4. The van der Waals surface area contributed by atoms with Crippen molar-refractivity contribution in [2.75, 3.05) is 0 Å². The molecule has 0 bridgehead atoms. The number of nitrogens with zero attached hydrogens (tertiary/aromatic N) is 4. The average molecular weight is 433 g/mol. The third kappa shape index (κ3) is 3.39. The molecule has 5 nitrogen and oxygen atoms in total. The smallest absolute Gasteiger partial charge is 0.160 e. The second kappa shape index (κ2) is 7.60. The molecule has 1 fully saturated rings. The van der Waals surface area contributed by atoms with Crippen molar-refractivity contribution in [1.82, 2.24) is 14.5 Å². The van der Waals surface area contributed by atoms with E-state index in [4.69, 9.17) is 14.7 Å². The van der Waals surface area contributed by atoms with E-state index in [9.17, 15) is 5.26 Å². The Morgan fingerprint density at radius 1 is 1.09 bits per heavy atom. The van der Waals surface area contributed by atoms with Gasteiger partial charge in [-0.15, -0.1) is 0 Å². The number of hydrogen-bond donors (Lipinski definition) is 0. The van der Waals surface area contributed by atoms with Crippen molar-refractivity contribution in [3.8, 4) is 11.8 Å². The van der Waals surface area contributed by atoms with Gasteiger partial charge in [0.15, 0.2) is 5.65 Å². The molecule has 0 atom stereocenters. The molecule has 6 rings (SSSR count). The van der Waals surface area contributed by atoms with Crippen molar-refractivity contribution in [3.05, 3.63) is 93.9 Å². The summed E-state index contributed by atoms with van der Waals surface area (Å²) in [6.45, 7) is 5.35. The lowest BCUT2D eigenvalue weighted by atomic mass is 9.93. The lowest BCUT2D eigenvalue weighted by molar-refractivity contribution is 0.307. The maximum Gasteiger partial charge on any atom is 0.160 e. The number of nitriles is 1. The van der Waals surface area contributed by atoms with Gasteiger partial charge >= 0.3 is 0 Å². The maximum atomic E-state index is 9.44. The third-order valence-electron chi connectivity index (χ3n) is 6.56. The van der Waals surface area contributed by atoms with Gasteiger partial charge in [0, 0.05) is 28.8 Å². The van der Waals surface area contributed by atoms with Gasteiger partial charge in [-0.2, -0.15) is 5.26 Å². The fourth-order valence-electron chi connectivity index (χ4n) is 4.87. The van der Waals surface area contributed by atoms with Gasteiger partial charge in [0.1, 0.15) is 23.7 Å². The summed E-state index contributed by atoms with van der Waals surface area (Å²) in [4.78, 5) is 9.87. The molecule has 2 aromatic carbocycles. The van der Waals surface area contributed by atoms with E-state index in [1.54, 1.807) is 6.08 Å². The molecule has 4 aromatic rings. The van der Waals surface area contributed by atoms with Crippen molar-refractivity contribution < 1.29 is 4.74 Å². The molecule has 0 amide bonds. The van der Waals surface area contributed by atoms with E-state index in [-0.39, 0.29) is 0 Å². The Morgan fingerprint density at radius 2 is 1.94 bits per heavy atom. The van der Waals surface area contributed by atoms with Gasteiger partial charge in [0.05, 0.1) is 12.6 Å². The van der Waals surface area contributed by atoms with Crippen LogP contribution in [0.3, 0.4) is 0 Å². The summed E-state index contributed by atoms with van der Waals surface area (Å²) in [5.74, 6) is 2.49. The Hall–Kier alpha value is -3.91. The molecule has 0 saturated heterocycles. The van der Waals surface area contributed by atoms with Crippen LogP contribution in [0, 0.1) is 25.2 Å². The third-order valence-corrected chi connectivity index (χ3v) is 6.56. The molecule has 1 saturated carbocycles. The van der Waals surface area contributed by atoms with E-state index in [1.807, 2.05) is 31.2 Å². The highest BCUT2D eigenvalue weighted by atomic mass is 16.5. The van der Waals surface area contributed by atoms with Gasteiger partial charge in [-0.1, -0.05) is 30.3 Å². The molecule has 0 N–H and O–H groups in total. The van der Waals surface area contributed by atoms with Crippen LogP contribution in [-0.4, -0.2) is 14.5 Å². The second-order valence-corrected chi connectivity index (χ2v) is 9.05. The van der Waals surface area contributed by atoms with E-state index in [0.29, 0.717) is 12.5 Å². The zero-order valence-electron chi connectivity index (χ0n) is 18.8. The van der Waals surface area contributed by atoms with Crippen LogP contribution in [0.15, 0.2) is 54.6 Å². The Kier molecular flexibility index (Phi) is 4.55. The monoisotopic (exact) mass is 432 g/mol. The number of benzene rings is 2. The predicted molar refractivity (Wildman–Crippen MR) is 128 cm³/mol. The number of aryl methyl sites for hydroxylation is 2. The molecular weight excluding hydrogens is 408 g/mol. The molecular formula is C28H24N4O. The molecule has 2 aliphatic rings. The summed E-state index contributed by atoms with van der Waals surface area (Å²) in [5.41, 5.74) is 9.36. The molecule has 0 spiro atoms. The van der Waals surface area contributed by atoms with Crippen LogP contribution in [0.1, 0.15) is 58.1 Å². The van der Waals surface area contributed by atoms with Crippen molar-refractivity contribution >= 4 is 16.7 Å². The van der Waals surface area contributed by atoms with Crippen molar-refractivity contribution in [1.29, 1.82) is 5.26 Å². The average Bonchev–Trinajstić information content (AvgIpc) is 3.61. The fraction of sp³-hybridized carbons (Fsp3) is 0.250. The molecule has 1 aliphatic carbocycles. The minimum Gasteiger partial charge on any atom is -0.488 e. The van der Waals surface area contributed by atoms with Gasteiger partial charge in [-0.25, -0.2) is 9.97 Å². The largest absolute Gasteiger partial charge is 0.488 e. The van der Waals surface area contributed by atoms with E-state index in [2.05, 4.69) is 41.8 Å². The zero-order chi connectivity index (χ0) is 22.5. The van der Waals surface area contributed by atoms with E-state index >= 15 is 0 Å². The first-order chi connectivity index (χ1) is 16.1. The summed E-state index contributed by atoms with van der Waals surface area (Å²) in [6.07, 6.45) is 4.01. The Bertz CT molecular complexity index is 1480. The van der Waals surface area contributed by atoms with Crippen LogP contribution >= 0.6 is 0 Å². The molecule has 33 heavy (non-hydrogen) atoms. The standard InChI is InChI=1S/C28H24N4O/c1-17-13-18(2)30-28-26(17)31-27(20-8-9-20)32(28)15-19-7-10-22-21(14-19)16-33-25-6-4-3-5-24(25)23(22)11-12-29/h3-7,10-11,13-14,20H,8-9,15-16H2,1-2H3. The van der Waals surface area contributed by atoms with Crippen LogP contribution in [0.5, 0.6) is 5.75 Å². The highest BCUT2D eigenvalue weighted by Gasteiger charge is 2.30. The lowest BCUT2D eigenvalue weighted by Gasteiger charge is -2.13. The zero-order valence-corrected chi connectivity index (χ0v) is 18.8. The number of aromatic nitrogens is 3. The first-order valence-electron chi connectivity index (χ1n) is 11.4. The summed E-state index contributed by atoms with van der Waals surface area (Å²) in [6, 6.07) is 18.7. The molecule has 162 valence electrons. The number of allylic oxidation sites excluding steroid dienone is 1. The molecule has 5 heteroatoms. The van der Waals surface area contributed by atoms with E-state index in [0.717, 1.165) is 57.2 Å². The summed E-state index contributed by atoms with van der Waals surface area (Å²) >= 11 is 0. The maximum absolute atomic E-state index is 9.44. The number of rotatable bonds is 3. The van der Waals surface area contributed by atoms with Crippen molar-refractivity contribution in [2.45, 2.75) is 45.8 Å². The van der Waals surface area contributed by atoms with Crippen molar-refractivity contribution in [3.63, 3.8) is 0 Å². The number of ether oxygens (including phenoxy) is 1. The summed E-state index contributed by atoms with van der Waals surface area (Å²) in [7, 11) is 0. The Labute approximate surface area is 193 Å². The van der Waals surface area contributed by atoms with Crippen LogP contribution in [0.2, 0.25) is 0 Å². The molecule has 0 radical (unpaired) electrons. The normalized spacial score (nSPS) is 16.1. The first-order valence-corrected chi connectivity index (χ1v) is 11.4. The second-order valence-electron chi connectivity index (χ2n) is 9.05. The van der Waals surface area contributed by atoms with Gasteiger partial charge in [-0.3, -0.25) is 0 Å². The molecule has 3 heterocycles. The van der Waals surface area contributed by atoms with Crippen molar-refractivity contribution in [2.24, 2.45) is 0 Å². The van der Waals surface area contributed by atoms with Gasteiger partial charge in [-0.05, 0) is 67.1 Å². The fourth-order valence-corrected chi connectivity index (χ4v) is 4.87. The number of para-hydroxylation sites is 1. The minimum atomic E-state index is 0.472. The molecule has 0 unspecified atom stereocenters. The van der Waals surface area contributed by atoms with Crippen LogP contribution in [0.4, 0.5) is 0 Å². The number of pyridine rings is 1. The topological polar surface area (TPSA) is 63.7 Å².